The van der Waals surface area contributed by atoms with Crippen LogP contribution in [-0.2, 0) is 12.0 Å². The lowest BCUT2D eigenvalue weighted by molar-refractivity contribution is 0.117. The second kappa shape index (κ2) is 4.22. The van der Waals surface area contributed by atoms with E-state index in [0.29, 0.717) is 23.3 Å². The van der Waals surface area contributed by atoms with Crippen LogP contribution in [-0.4, -0.2) is 0 Å². The molecule has 0 saturated heterocycles. The van der Waals surface area contributed by atoms with Gasteiger partial charge in [0.05, 0.1) is 10.9 Å². The lowest BCUT2D eigenvalue weighted by Crippen LogP contribution is -2.27. The first kappa shape index (κ1) is 12.2. The van der Waals surface area contributed by atoms with Gasteiger partial charge in [-0.1, -0.05) is 42.5 Å². The molecule has 1 aromatic heterocycles. The van der Waals surface area contributed by atoms with E-state index in [2.05, 4.69) is 0 Å². The minimum absolute atomic E-state index is 0.302. The fraction of sp³-hybridized carbons (Fsp3) is 0.167. The van der Waals surface area contributed by atoms with Gasteiger partial charge in [0.1, 0.15) is 16.9 Å². The third-order valence-electron chi connectivity index (χ3n) is 4.08. The molecule has 3 heteroatoms. The van der Waals surface area contributed by atoms with E-state index in [0.717, 1.165) is 10.9 Å². The summed E-state index contributed by atoms with van der Waals surface area (Å²) >= 11 is 0. The summed E-state index contributed by atoms with van der Waals surface area (Å²) in [5.41, 5.74) is 1.43. The van der Waals surface area contributed by atoms with E-state index in [4.69, 9.17) is 9.15 Å². The number of hydrogen-bond acceptors (Lipinski definition) is 3. The van der Waals surface area contributed by atoms with Crippen molar-refractivity contribution in [3.8, 4) is 5.75 Å². The zero-order valence-corrected chi connectivity index (χ0v) is 11.6. The molecule has 0 spiro atoms. The number of benzene rings is 2. The van der Waals surface area contributed by atoms with E-state index in [1.165, 1.54) is 0 Å². The van der Waals surface area contributed by atoms with Crippen LogP contribution in [0.2, 0.25) is 0 Å². The summed E-state index contributed by atoms with van der Waals surface area (Å²) in [4.78, 5) is 12.2. The van der Waals surface area contributed by atoms with Crippen molar-refractivity contribution in [2.75, 3.05) is 0 Å². The summed E-state index contributed by atoms with van der Waals surface area (Å²) in [6.45, 7) is 2.01. The van der Waals surface area contributed by atoms with E-state index in [9.17, 15) is 4.79 Å². The molecule has 0 aliphatic carbocycles. The molecular formula is C18H14O3. The third kappa shape index (κ3) is 1.77. The maximum Gasteiger partial charge on any atom is 0.343 e. The molecule has 0 saturated carbocycles. The Balaban J connectivity index is 1.93. The molecule has 1 aliphatic rings. The van der Waals surface area contributed by atoms with Gasteiger partial charge in [-0.15, -0.1) is 0 Å². The molecule has 4 rings (SSSR count). The third-order valence-corrected chi connectivity index (χ3v) is 4.08. The highest BCUT2D eigenvalue weighted by Gasteiger charge is 2.39. The molecule has 1 atom stereocenters. The van der Waals surface area contributed by atoms with Gasteiger partial charge < -0.3 is 9.15 Å². The second-order valence-electron chi connectivity index (χ2n) is 5.57. The fourth-order valence-electron chi connectivity index (χ4n) is 2.98. The standard InChI is InChI=1S/C18H14O3/c1-18(12-7-3-2-4-8-12)11-14-16(21-18)13-9-5-6-10-15(13)20-17(14)19/h2-10H,11H2,1H3. The first-order valence-corrected chi connectivity index (χ1v) is 6.97. The van der Waals surface area contributed by atoms with E-state index in [1.54, 1.807) is 6.07 Å². The van der Waals surface area contributed by atoms with Crippen LogP contribution in [0.5, 0.6) is 5.75 Å². The van der Waals surface area contributed by atoms with Gasteiger partial charge in [0.15, 0.2) is 0 Å². The maximum absolute atomic E-state index is 12.2. The summed E-state index contributed by atoms with van der Waals surface area (Å²) in [6, 6.07) is 17.5. The van der Waals surface area contributed by atoms with Crippen molar-refractivity contribution >= 4 is 11.0 Å². The van der Waals surface area contributed by atoms with E-state index in [-0.39, 0.29) is 5.63 Å². The van der Waals surface area contributed by atoms with Gasteiger partial charge in [-0.3, -0.25) is 0 Å². The van der Waals surface area contributed by atoms with Crippen LogP contribution in [0.25, 0.3) is 11.0 Å². The molecule has 1 aliphatic heterocycles. The van der Waals surface area contributed by atoms with E-state index < -0.39 is 5.60 Å². The van der Waals surface area contributed by atoms with Crippen molar-refractivity contribution in [3.05, 3.63) is 76.1 Å². The van der Waals surface area contributed by atoms with E-state index in [1.807, 2.05) is 55.5 Å². The highest BCUT2D eigenvalue weighted by Crippen LogP contribution is 2.43. The Hall–Kier alpha value is -2.55. The zero-order chi connectivity index (χ0) is 14.4. The van der Waals surface area contributed by atoms with Crippen molar-refractivity contribution in [1.29, 1.82) is 0 Å². The normalized spacial score (nSPS) is 20.2. The first-order chi connectivity index (χ1) is 10.2. The number of hydrogen-bond donors (Lipinski definition) is 0. The Labute approximate surface area is 121 Å². The van der Waals surface area contributed by atoms with Gasteiger partial charge >= 0.3 is 5.63 Å². The van der Waals surface area contributed by atoms with Gasteiger partial charge in [0, 0.05) is 6.42 Å². The quantitative estimate of drug-likeness (QED) is 0.638. The molecule has 21 heavy (non-hydrogen) atoms. The molecule has 2 heterocycles. The van der Waals surface area contributed by atoms with E-state index >= 15 is 0 Å². The first-order valence-electron chi connectivity index (χ1n) is 6.97. The van der Waals surface area contributed by atoms with Gasteiger partial charge in [0.25, 0.3) is 0 Å². The predicted octanol–water partition coefficient (Wildman–Crippen LogP) is 3.64. The smallest absolute Gasteiger partial charge is 0.343 e. The Morgan fingerprint density at radius 3 is 2.52 bits per heavy atom. The highest BCUT2D eigenvalue weighted by molar-refractivity contribution is 5.85. The molecule has 0 amide bonds. The molecule has 1 unspecified atom stereocenters. The molecule has 0 N–H and O–H groups in total. The summed E-state index contributed by atoms with van der Waals surface area (Å²) in [7, 11) is 0. The van der Waals surface area contributed by atoms with Crippen LogP contribution in [0.15, 0.2) is 63.8 Å². The number of ether oxygens (including phenoxy) is 1. The number of fused-ring (bicyclic) bond motifs is 3. The van der Waals surface area contributed by atoms with Gasteiger partial charge in [-0.05, 0) is 24.6 Å². The maximum atomic E-state index is 12.2. The average molecular weight is 278 g/mol. The van der Waals surface area contributed by atoms with Gasteiger partial charge in [-0.25, -0.2) is 4.79 Å². The monoisotopic (exact) mass is 278 g/mol. The largest absolute Gasteiger partial charge is 0.481 e. The zero-order valence-electron chi connectivity index (χ0n) is 11.6. The lowest BCUT2D eigenvalue weighted by Gasteiger charge is -2.24. The van der Waals surface area contributed by atoms with Crippen molar-refractivity contribution < 1.29 is 9.15 Å². The summed E-state index contributed by atoms with van der Waals surface area (Å²) in [5, 5.41) is 0.853. The summed E-state index contributed by atoms with van der Waals surface area (Å²) in [5.74, 6) is 0.660. The van der Waals surface area contributed by atoms with Crippen LogP contribution in [0, 0.1) is 0 Å². The van der Waals surface area contributed by atoms with Crippen LogP contribution < -0.4 is 10.4 Å². The summed E-state index contributed by atoms with van der Waals surface area (Å²) < 4.78 is 11.6. The molecule has 2 aromatic carbocycles. The van der Waals surface area contributed by atoms with Crippen LogP contribution >= 0.6 is 0 Å². The van der Waals surface area contributed by atoms with Gasteiger partial charge in [0.2, 0.25) is 0 Å². The second-order valence-corrected chi connectivity index (χ2v) is 5.57. The minimum atomic E-state index is -0.525. The molecule has 3 nitrogen and oxygen atoms in total. The van der Waals surface area contributed by atoms with Gasteiger partial charge in [-0.2, -0.15) is 0 Å². The number of para-hydroxylation sites is 1. The fourth-order valence-corrected chi connectivity index (χ4v) is 2.98. The SMILES string of the molecule is CC1(c2ccccc2)Cc2c(c3ccccc3oc2=O)O1. The Morgan fingerprint density at radius 1 is 1.00 bits per heavy atom. The molecule has 0 bridgehead atoms. The van der Waals surface area contributed by atoms with Crippen molar-refractivity contribution in [1.82, 2.24) is 0 Å². The highest BCUT2D eigenvalue weighted by atomic mass is 16.5. The summed E-state index contributed by atoms with van der Waals surface area (Å²) in [6.07, 6.45) is 0.527. The average Bonchev–Trinajstić information content (AvgIpc) is 2.88. The molecule has 104 valence electrons. The molecule has 3 aromatic rings. The molecule has 0 radical (unpaired) electrons. The van der Waals surface area contributed by atoms with Crippen LogP contribution in [0.3, 0.4) is 0 Å². The van der Waals surface area contributed by atoms with Crippen LogP contribution in [0.4, 0.5) is 0 Å². The van der Waals surface area contributed by atoms with Crippen LogP contribution in [0.1, 0.15) is 18.1 Å². The van der Waals surface area contributed by atoms with Crippen molar-refractivity contribution in [2.45, 2.75) is 18.9 Å². The Bertz CT molecular complexity index is 880. The topological polar surface area (TPSA) is 39.4 Å². The lowest BCUT2D eigenvalue weighted by atomic mass is 9.91. The predicted molar refractivity (Wildman–Crippen MR) is 80.6 cm³/mol. The molecule has 0 fully saturated rings. The number of rotatable bonds is 1. The van der Waals surface area contributed by atoms with Crippen molar-refractivity contribution in [2.24, 2.45) is 0 Å². The molecular weight excluding hydrogens is 264 g/mol. The van der Waals surface area contributed by atoms with Crippen molar-refractivity contribution in [3.63, 3.8) is 0 Å². The minimum Gasteiger partial charge on any atom is -0.481 e. The Kier molecular flexibility index (Phi) is 2.45. The Morgan fingerprint density at radius 2 is 1.71 bits per heavy atom.